The lowest BCUT2D eigenvalue weighted by Crippen LogP contribution is -2.25. The van der Waals surface area contributed by atoms with E-state index in [0.29, 0.717) is 23.4 Å². The summed E-state index contributed by atoms with van der Waals surface area (Å²) in [6.07, 6.45) is 2.37. The van der Waals surface area contributed by atoms with Crippen molar-refractivity contribution in [3.8, 4) is 22.8 Å². The standard InChI is InChI=1S/C29H25F2N3O4/c1-34(17-22-15-25(33-38-22)19-6-4-3-5-7-19)28(35)20-9-10-24-23(14-20)21(16-32-24)12-18-8-11-26(37-29(30)31)27(13-18)36-2/h3-11,13-16,29,32H,12,17H2,1-2H3. The Kier molecular flexibility index (Phi) is 7.08. The minimum Gasteiger partial charge on any atom is -0.493 e. The minimum absolute atomic E-state index is 0.0243. The number of H-pyrrole nitrogens is 1. The van der Waals surface area contributed by atoms with Crippen LogP contribution in [0.15, 0.2) is 83.5 Å². The number of carbonyl (C=O) groups excluding carboxylic acids is 1. The van der Waals surface area contributed by atoms with E-state index in [-0.39, 0.29) is 24.0 Å². The van der Waals surface area contributed by atoms with Gasteiger partial charge in [-0.05, 0) is 47.9 Å². The maximum absolute atomic E-state index is 13.2. The second kappa shape index (κ2) is 10.8. The normalized spacial score (nSPS) is 11.2. The maximum atomic E-state index is 13.2. The van der Waals surface area contributed by atoms with Crippen molar-refractivity contribution < 1.29 is 27.6 Å². The lowest BCUT2D eigenvalue weighted by atomic mass is 10.0. The number of methoxy groups -OCH3 is 1. The van der Waals surface area contributed by atoms with Crippen LogP contribution in [0.3, 0.4) is 0 Å². The lowest BCUT2D eigenvalue weighted by molar-refractivity contribution is -0.0512. The van der Waals surface area contributed by atoms with Gasteiger partial charge in [-0.3, -0.25) is 4.79 Å². The van der Waals surface area contributed by atoms with Crippen LogP contribution in [-0.4, -0.2) is 41.7 Å². The molecule has 2 heterocycles. The zero-order chi connectivity index (χ0) is 26.6. The molecule has 0 atom stereocenters. The minimum atomic E-state index is -2.94. The molecule has 2 aromatic heterocycles. The van der Waals surface area contributed by atoms with Gasteiger partial charge in [0.2, 0.25) is 0 Å². The molecule has 0 radical (unpaired) electrons. The van der Waals surface area contributed by atoms with Crippen LogP contribution >= 0.6 is 0 Å². The first-order valence-corrected chi connectivity index (χ1v) is 11.9. The number of aromatic nitrogens is 2. The van der Waals surface area contributed by atoms with Gasteiger partial charge in [0.15, 0.2) is 17.3 Å². The molecule has 0 saturated heterocycles. The summed E-state index contributed by atoms with van der Waals surface area (Å²) in [4.78, 5) is 18.0. The Morgan fingerprint density at radius 1 is 1.05 bits per heavy atom. The summed E-state index contributed by atoms with van der Waals surface area (Å²) >= 11 is 0. The van der Waals surface area contributed by atoms with E-state index in [2.05, 4.69) is 14.9 Å². The maximum Gasteiger partial charge on any atom is 0.387 e. The molecule has 1 N–H and O–H groups in total. The molecule has 0 fully saturated rings. The van der Waals surface area contributed by atoms with Crippen LogP contribution in [0.2, 0.25) is 0 Å². The predicted molar refractivity (Wildman–Crippen MR) is 138 cm³/mol. The van der Waals surface area contributed by atoms with Gasteiger partial charge in [-0.15, -0.1) is 0 Å². The quantitative estimate of drug-likeness (QED) is 0.248. The van der Waals surface area contributed by atoms with Gasteiger partial charge in [-0.2, -0.15) is 8.78 Å². The molecule has 5 aromatic rings. The number of nitrogens with zero attached hydrogens (tertiary/aromatic N) is 2. The van der Waals surface area contributed by atoms with E-state index in [9.17, 15) is 13.6 Å². The number of nitrogens with one attached hydrogen (secondary N) is 1. The second-order valence-electron chi connectivity index (χ2n) is 8.82. The van der Waals surface area contributed by atoms with Crippen LogP contribution in [-0.2, 0) is 13.0 Å². The number of hydrogen-bond acceptors (Lipinski definition) is 5. The van der Waals surface area contributed by atoms with E-state index in [1.54, 1.807) is 30.1 Å². The van der Waals surface area contributed by atoms with E-state index in [1.165, 1.54) is 13.2 Å². The number of fused-ring (bicyclic) bond motifs is 1. The average Bonchev–Trinajstić information content (AvgIpc) is 3.56. The molecule has 3 aromatic carbocycles. The molecule has 7 nitrogen and oxygen atoms in total. The predicted octanol–water partition coefficient (Wildman–Crippen LogP) is 6.30. The van der Waals surface area contributed by atoms with Crippen molar-refractivity contribution in [2.75, 3.05) is 14.2 Å². The molecule has 0 spiro atoms. The monoisotopic (exact) mass is 517 g/mol. The van der Waals surface area contributed by atoms with E-state index in [4.69, 9.17) is 9.26 Å². The van der Waals surface area contributed by atoms with E-state index >= 15 is 0 Å². The van der Waals surface area contributed by atoms with E-state index in [0.717, 1.165) is 27.6 Å². The van der Waals surface area contributed by atoms with Gasteiger partial charge in [-0.1, -0.05) is 41.6 Å². The number of aromatic amines is 1. The summed E-state index contributed by atoms with van der Waals surface area (Å²) in [5.41, 5.74) is 4.86. The Morgan fingerprint density at radius 3 is 2.63 bits per heavy atom. The summed E-state index contributed by atoms with van der Waals surface area (Å²) in [6, 6.07) is 21.8. The molecular formula is C29H25F2N3O4. The smallest absolute Gasteiger partial charge is 0.387 e. The molecule has 0 saturated carbocycles. The third-order valence-electron chi connectivity index (χ3n) is 6.22. The Morgan fingerprint density at radius 2 is 1.87 bits per heavy atom. The number of ether oxygens (including phenoxy) is 2. The number of hydrogen-bond donors (Lipinski definition) is 1. The van der Waals surface area contributed by atoms with Gasteiger partial charge in [-0.25, -0.2) is 0 Å². The van der Waals surface area contributed by atoms with Gasteiger partial charge >= 0.3 is 6.61 Å². The first-order valence-electron chi connectivity index (χ1n) is 11.9. The molecule has 0 aliphatic heterocycles. The van der Waals surface area contributed by atoms with Crippen molar-refractivity contribution in [2.45, 2.75) is 19.6 Å². The van der Waals surface area contributed by atoms with Crippen molar-refractivity contribution in [2.24, 2.45) is 0 Å². The summed E-state index contributed by atoms with van der Waals surface area (Å²) in [5, 5.41) is 5.01. The molecule has 194 valence electrons. The fraction of sp³-hybridized carbons (Fsp3) is 0.172. The summed E-state index contributed by atoms with van der Waals surface area (Å²) in [5.74, 6) is 0.620. The van der Waals surface area contributed by atoms with Crippen LogP contribution in [0.1, 0.15) is 27.2 Å². The third kappa shape index (κ3) is 5.36. The highest BCUT2D eigenvalue weighted by atomic mass is 19.3. The van der Waals surface area contributed by atoms with Gasteiger partial charge in [0, 0.05) is 41.3 Å². The van der Waals surface area contributed by atoms with Gasteiger partial charge in [0.25, 0.3) is 5.91 Å². The van der Waals surface area contributed by atoms with Crippen molar-refractivity contribution in [3.05, 3.63) is 101 Å². The second-order valence-corrected chi connectivity index (χ2v) is 8.82. The van der Waals surface area contributed by atoms with Crippen LogP contribution in [0, 0.1) is 0 Å². The number of rotatable bonds is 9. The molecule has 5 rings (SSSR count). The molecule has 1 amide bonds. The Labute approximate surface area is 217 Å². The van der Waals surface area contributed by atoms with Crippen LogP contribution < -0.4 is 9.47 Å². The van der Waals surface area contributed by atoms with E-state index < -0.39 is 6.61 Å². The fourth-order valence-corrected chi connectivity index (χ4v) is 4.35. The number of carbonyl (C=O) groups is 1. The zero-order valence-corrected chi connectivity index (χ0v) is 20.8. The van der Waals surface area contributed by atoms with Crippen LogP contribution in [0.4, 0.5) is 8.78 Å². The molecule has 38 heavy (non-hydrogen) atoms. The lowest BCUT2D eigenvalue weighted by Gasteiger charge is -2.15. The molecular weight excluding hydrogens is 492 g/mol. The van der Waals surface area contributed by atoms with Crippen molar-refractivity contribution in [1.29, 1.82) is 0 Å². The van der Waals surface area contributed by atoms with Gasteiger partial charge in [0.05, 0.1) is 13.7 Å². The fourth-order valence-electron chi connectivity index (χ4n) is 4.35. The number of alkyl halides is 2. The highest BCUT2D eigenvalue weighted by molar-refractivity contribution is 5.98. The van der Waals surface area contributed by atoms with Crippen LogP contribution in [0.25, 0.3) is 22.2 Å². The average molecular weight is 518 g/mol. The number of halogens is 2. The molecule has 0 bridgehead atoms. The number of benzene rings is 3. The Balaban J connectivity index is 1.33. The SMILES string of the molecule is COc1cc(Cc2c[nH]c3ccc(C(=O)N(C)Cc4cc(-c5ccccc5)no4)cc23)ccc1OC(F)F. The Bertz CT molecular complexity index is 1560. The largest absolute Gasteiger partial charge is 0.493 e. The molecule has 0 aliphatic carbocycles. The molecule has 9 heteroatoms. The van der Waals surface area contributed by atoms with E-state index in [1.807, 2.05) is 54.7 Å². The summed E-state index contributed by atoms with van der Waals surface area (Å²) in [6.45, 7) is -2.67. The van der Waals surface area contributed by atoms with Crippen molar-refractivity contribution in [3.63, 3.8) is 0 Å². The van der Waals surface area contributed by atoms with Crippen molar-refractivity contribution >= 4 is 16.8 Å². The summed E-state index contributed by atoms with van der Waals surface area (Å²) < 4.78 is 40.5. The Hall–Kier alpha value is -4.66. The first kappa shape index (κ1) is 25.0. The number of amides is 1. The highest BCUT2D eigenvalue weighted by Gasteiger charge is 2.17. The van der Waals surface area contributed by atoms with Crippen molar-refractivity contribution in [1.82, 2.24) is 15.0 Å². The topological polar surface area (TPSA) is 80.6 Å². The molecule has 0 unspecified atom stereocenters. The third-order valence-corrected chi connectivity index (χ3v) is 6.22. The van der Waals surface area contributed by atoms with Crippen LogP contribution in [0.5, 0.6) is 11.5 Å². The van der Waals surface area contributed by atoms with Gasteiger partial charge < -0.3 is 23.9 Å². The summed E-state index contributed by atoms with van der Waals surface area (Å²) in [7, 11) is 3.11. The first-order chi connectivity index (χ1) is 18.4. The highest BCUT2D eigenvalue weighted by Crippen LogP contribution is 2.31. The van der Waals surface area contributed by atoms with Gasteiger partial charge in [0.1, 0.15) is 5.69 Å². The zero-order valence-electron chi connectivity index (χ0n) is 20.8. The molecule has 0 aliphatic rings.